The van der Waals surface area contributed by atoms with Gasteiger partial charge in [0.2, 0.25) is 11.7 Å². The first kappa shape index (κ1) is 21.8. The van der Waals surface area contributed by atoms with Gasteiger partial charge in [-0.3, -0.25) is 4.79 Å². The minimum atomic E-state index is -0.358. The molecule has 0 unspecified atom stereocenters. The summed E-state index contributed by atoms with van der Waals surface area (Å²) in [6.07, 6.45) is 0. The Labute approximate surface area is 178 Å². The summed E-state index contributed by atoms with van der Waals surface area (Å²) >= 11 is 0. The third-order valence-corrected chi connectivity index (χ3v) is 5.50. The number of nitrogens with one attached hydrogen (secondary N) is 2. The molecule has 1 amide bonds. The molecular weight excluding hydrogens is 382 g/mol. The average Bonchev–Trinajstić information content (AvgIpc) is 2.79. The van der Waals surface area contributed by atoms with Gasteiger partial charge < -0.3 is 29.3 Å². The van der Waals surface area contributed by atoms with Gasteiger partial charge in [0.25, 0.3) is 0 Å². The molecule has 1 atom stereocenters. The van der Waals surface area contributed by atoms with Crippen molar-refractivity contribution in [3.8, 4) is 17.2 Å². The Balaban J connectivity index is 1.57. The number of amides is 1. The van der Waals surface area contributed by atoms with Crippen LogP contribution in [0, 0.1) is 0 Å². The van der Waals surface area contributed by atoms with E-state index in [-0.39, 0.29) is 11.9 Å². The quantitative estimate of drug-likeness (QED) is 0.685. The van der Waals surface area contributed by atoms with Gasteiger partial charge in [0.1, 0.15) is 12.6 Å². The summed E-state index contributed by atoms with van der Waals surface area (Å²) in [7, 11) is 4.72. The molecule has 1 saturated heterocycles. The van der Waals surface area contributed by atoms with Gasteiger partial charge in [-0.25, -0.2) is 0 Å². The molecule has 1 heterocycles. The first-order chi connectivity index (χ1) is 14.5. The molecule has 1 aliphatic heterocycles. The summed E-state index contributed by atoms with van der Waals surface area (Å²) < 4.78 is 16.1. The molecule has 0 spiro atoms. The van der Waals surface area contributed by atoms with Crippen molar-refractivity contribution in [3.63, 3.8) is 0 Å². The highest BCUT2D eigenvalue weighted by molar-refractivity contribution is 5.84. The first-order valence-corrected chi connectivity index (χ1v) is 10.3. The van der Waals surface area contributed by atoms with E-state index in [0.717, 1.165) is 38.4 Å². The standard InChI is InChI=1S/C23H31N3O4/c1-17(24-19-14-20(28-2)22(30-4)21(15-19)29-3)23(27)26-12-10-25(11-13-26)16-18-8-6-5-7-9-18/h5-9,14-15,17,24H,10-13,16H2,1-4H3/p+1/t17-/m1/s1. The van der Waals surface area contributed by atoms with Crippen molar-refractivity contribution in [2.75, 3.05) is 52.8 Å². The van der Waals surface area contributed by atoms with Crippen molar-refractivity contribution in [1.82, 2.24) is 4.90 Å². The largest absolute Gasteiger partial charge is 0.493 e. The maximum atomic E-state index is 13.0. The number of rotatable bonds is 8. The monoisotopic (exact) mass is 414 g/mol. The van der Waals surface area contributed by atoms with Gasteiger partial charge in [-0.1, -0.05) is 30.3 Å². The highest BCUT2D eigenvalue weighted by Gasteiger charge is 2.27. The number of methoxy groups -OCH3 is 3. The van der Waals surface area contributed by atoms with E-state index in [1.807, 2.05) is 30.0 Å². The third kappa shape index (κ3) is 5.16. The molecule has 0 bridgehead atoms. The van der Waals surface area contributed by atoms with Crippen LogP contribution in [0.2, 0.25) is 0 Å². The van der Waals surface area contributed by atoms with Crippen molar-refractivity contribution >= 4 is 11.6 Å². The number of carbonyl (C=O) groups excluding carboxylic acids is 1. The lowest BCUT2D eigenvalue weighted by Gasteiger charge is -2.34. The Morgan fingerprint density at radius 1 is 1.03 bits per heavy atom. The van der Waals surface area contributed by atoms with E-state index < -0.39 is 0 Å². The third-order valence-electron chi connectivity index (χ3n) is 5.50. The van der Waals surface area contributed by atoms with Gasteiger partial charge in [0.05, 0.1) is 47.5 Å². The number of benzene rings is 2. The van der Waals surface area contributed by atoms with Crippen LogP contribution in [-0.4, -0.2) is 64.4 Å². The molecule has 7 nitrogen and oxygen atoms in total. The Hall–Kier alpha value is -2.93. The lowest BCUT2D eigenvalue weighted by atomic mass is 10.2. The van der Waals surface area contributed by atoms with Crippen molar-refractivity contribution < 1.29 is 23.9 Å². The Kier molecular flexibility index (Phi) is 7.41. The fourth-order valence-corrected chi connectivity index (χ4v) is 3.85. The van der Waals surface area contributed by atoms with Crippen molar-refractivity contribution in [3.05, 3.63) is 48.0 Å². The number of carbonyl (C=O) groups is 1. The van der Waals surface area contributed by atoms with Gasteiger partial charge in [-0.15, -0.1) is 0 Å². The molecule has 0 aliphatic carbocycles. The Morgan fingerprint density at radius 3 is 2.17 bits per heavy atom. The summed E-state index contributed by atoms with van der Waals surface area (Å²) in [6, 6.07) is 13.8. The highest BCUT2D eigenvalue weighted by atomic mass is 16.5. The van der Waals surface area contributed by atoms with E-state index in [0.29, 0.717) is 17.2 Å². The molecule has 2 aromatic rings. The van der Waals surface area contributed by atoms with Crippen LogP contribution in [-0.2, 0) is 11.3 Å². The predicted octanol–water partition coefficient (Wildman–Crippen LogP) is 1.44. The number of nitrogens with zero attached hydrogens (tertiary/aromatic N) is 1. The molecule has 30 heavy (non-hydrogen) atoms. The molecule has 3 rings (SSSR count). The number of anilines is 1. The minimum Gasteiger partial charge on any atom is -0.493 e. The molecule has 2 aromatic carbocycles. The number of quaternary nitrogens is 1. The number of hydrogen-bond donors (Lipinski definition) is 2. The summed E-state index contributed by atoms with van der Waals surface area (Å²) in [5, 5.41) is 3.28. The van der Waals surface area contributed by atoms with Crippen LogP contribution < -0.4 is 24.4 Å². The number of piperazine rings is 1. The summed E-state index contributed by atoms with van der Waals surface area (Å²) in [5.41, 5.74) is 2.09. The molecule has 2 N–H and O–H groups in total. The van der Waals surface area contributed by atoms with E-state index >= 15 is 0 Å². The van der Waals surface area contributed by atoms with Crippen LogP contribution in [0.4, 0.5) is 5.69 Å². The van der Waals surface area contributed by atoms with Crippen LogP contribution >= 0.6 is 0 Å². The number of hydrogen-bond acceptors (Lipinski definition) is 5. The van der Waals surface area contributed by atoms with Crippen molar-refractivity contribution in [2.45, 2.75) is 19.5 Å². The van der Waals surface area contributed by atoms with Gasteiger partial charge in [-0.05, 0) is 6.92 Å². The van der Waals surface area contributed by atoms with E-state index in [9.17, 15) is 4.79 Å². The Morgan fingerprint density at radius 2 is 1.63 bits per heavy atom. The minimum absolute atomic E-state index is 0.0995. The summed E-state index contributed by atoms with van der Waals surface area (Å²) in [5.74, 6) is 1.74. The molecule has 0 saturated carbocycles. The highest BCUT2D eigenvalue weighted by Crippen LogP contribution is 2.40. The van der Waals surface area contributed by atoms with Gasteiger partial charge in [-0.2, -0.15) is 0 Å². The second-order valence-electron chi connectivity index (χ2n) is 7.52. The van der Waals surface area contributed by atoms with E-state index in [2.05, 4.69) is 29.6 Å². The van der Waals surface area contributed by atoms with E-state index in [4.69, 9.17) is 14.2 Å². The maximum Gasteiger partial charge on any atom is 0.245 e. The summed E-state index contributed by atoms with van der Waals surface area (Å²) in [6.45, 7) is 6.33. The second-order valence-corrected chi connectivity index (χ2v) is 7.52. The normalized spacial score (nSPS) is 15.4. The zero-order valence-corrected chi connectivity index (χ0v) is 18.2. The van der Waals surface area contributed by atoms with E-state index in [1.165, 1.54) is 10.5 Å². The zero-order valence-electron chi connectivity index (χ0n) is 18.2. The molecule has 1 fully saturated rings. The first-order valence-electron chi connectivity index (χ1n) is 10.3. The zero-order chi connectivity index (χ0) is 21.5. The van der Waals surface area contributed by atoms with Gasteiger partial charge in [0, 0.05) is 23.4 Å². The van der Waals surface area contributed by atoms with E-state index in [1.54, 1.807) is 21.3 Å². The van der Waals surface area contributed by atoms with Crippen LogP contribution in [0.25, 0.3) is 0 Å². The molecule has 7 heteroatoms. The number of ether oxygens (including phenoxy) is 3. The maximum absolute atomic E-state index is 13.0. The molecule has 162 valence electrons. The van der Waals surface area contributed by atoms with Gasteiger partial charge in [0.15, 0.2) is 11.5 Å². The van der Waals surface area contributed by atoms with Gasteiger partial charge >= 0.3 is 0 Å². The fraction of sp³-hybridized carbons (Fsp3) is 0.435. The molecule has 0 aromatic heterocycles. The fourth-order valence-electron chi connectivity index (χ4n) is 3.85. The molecule has 0 radical (unpaired) electrons. The van der Waals surface area contributed by atoms with Crippen LogP contribution in [0.3, 0.4) is 0 Å². The summed E-state index contributed by atoms with van der Waals surface area (Å²) in [4.78, 5) is 16.4. The average molecular weight is 415 g/mol. The Bertz CT molecular complexity index is 811. The van der Waals surface area contributed by atoms with Crippen LogP contribution in [0.1, 0.15) is 12.5 Å². The smallest absolute Gasteiger partial charge is 0.245 e. The topological polar surface area (TPSA) is 64.5 Å². The lowest BCUT2D eigenvalue weighted by Crippen LogP contribution is -3.13. The van der Waals surface area contributed by atoms with Crippen LogP contribution in [0.15, 0.2) is 42.5 Å². The molecular formula is C23H32N3O4+. The molecule has 1 aliphatic rings. The predicted molar refractivity (Wildman–Crippen MR) is 117 cm³/mol. The van der Waals surface area contributed by atoms with Crippen molar-refractivity contribution in [2.24, 2.45) is 0 Å². The van der Waals surface area contributed by atoms with Crippen LogP contribution in [0.5, 0.6) is 17.2 Å². The SMILES string of the molecule is COc1cc(N[C@H](C)C(=O)N2CC[NH+](Cc3ccccc3)CC2)cc(OC)c1OC. The van der Waals surface area contributed by atoms with Crippen molar-refractivity contribution in [1.29, 1.82) is 0 Å². The second kappa shape index (κ2) is 10.2. The lowest BCUT2D eigenvalue weighted by molar-refractivity contribution is -0.917.